The summed E-state index contributed by atoms with van der Waals surface area (Å²) in [6.45, 7) is 6.89. The van der Waals surface area contributed by atoms with Gasteiger partial charge in [0.15, 0.2) is 0 Å². The highest BCUT2D eigenvalue weighted by atomic mass is 16.5. The van der Waals surface area contributed by atoms with Gasteiger partial charge in [0.1, 0.15) is 5.75 Å². The highest BCUT2D eigenvalue weighted by molar-refractivity contribution is 5.33. The van der Waals surface area contributed by atoms with Crippen LogP contribution in [0.2, 0.25) is 0 Å². The Morgan fingerprint density at radius 3 is 2.65 bits per heavy atom. The predicted octanol–water partition coefficient (Wildman–Crippen LogP) is 3.01. The molecule has 1 saturated carbocycles. The lowest BCUT2D eigenvalue weighted by Crippen LogP contribution is -2.32. The maximum absolute atomic E-state index is 5.38. The topological polar surface area (TPSA) is 21.3 Å². The molecule has 0 radical (unpaired) electrons. The van der Waals surface area contributed by atoms with Crippen molar-refractivity contribution in [2.75, 3.05) is 7.11 Å². The molecule has 17 heavy (non-hydrogen) atoms. The van der Waals surface area contributed by atoms with Crippen molar-refractivity contribution in [2.24, 2.45) is 5.41 Å². The van der Waals surface area contributed by atoms with E-state index in [4.69, 9.17) is 4.74 Å². The number of hydrogen-bond donors (Lipinski definition) is 1. The molecular weight excluding hydrogens is 210 g/mol. The van der Waals surface area contributed by atoms with Crippen molar-refractivity contribution in [1.29, 1.82) is 0 Å². The van der Waals surface area contributed by atoms with Gasteiger partial charge in [0.2, 0.25) is 0 Å². The van der Waals surface area contributed by atoms with Gasteiger partial charge < -0.3 is 10.1 Å². The maximum Gasteiger partial charge on any atom is 0.122 e. The summed E-state index contributed by atoms with van der Waals surface area (Å²) in [6.07, 6.45) is 2.32. The van der Waals surface area contributed by atoms with Crippen LogP contribution >= 0.6 is 0 Å². The Bertz CT molecular complexity index is 386. The summed E-state index contributed by atoms with van der Waals surface area (Å²) in [4.78, 5) is 0. The third-order valence-corrected chi connectivity index (χ3v) is 3.72. The SMILES string of the molecule is COc1ccccc1CC(C)NC1CC1(C)C. The summed E-state index contributed by atoms with van der Waals surface area (Å²) in [5, 5.41) is 3.69. The fourth-order valence-electron chi connectivity index (χ4n) is 2.36. The Hall–Kier alpha value is -1.02. The molecule has 2 unspecified atom stereocenters. The normalized spacial score (nSPS) is 23.2. The van der Waals surface area contributed by atoms with Crippen LogP contribution in [-0.2, 0) is 6.42 Å². The number of benzene rings is 1. The van der Waals surface area contributed by atoms with Gasteiger partial charge in [-0.1, -0.05) is 32.0 Å². The smallest absolute Gasteiger partial charge is 0.122 e. The van der Waals surface area contributed by atoms with Crippen LogP contribution in [0.3, 0.4) is 0 Å². The number of methoxy groups -OCH3 is 1. The van der Waals surface area contributed by atoms with Crippen molar-refractivity contribution in [3.05, 3.63) is 29.8 Å². The zero-order chi connectivity index (χ0) is 12.5. The summed E-state index contributed by atoms with van der Waals surface area (Å²) < 4.78 is 5.38. The summed E-state index contributed by atoms with van der Waals surface area (Å²) in [5.41, 5.74) is 1.78. The van der Waals surface area contributed by atoms with E-state index in [9.17, 15) is 0 Å². The first-order valence-corrected chi connectivity index (χ1v) is 6.41. The van der Waals surface area contributed by atoms with Crippen molar-refractivity contribution in [2.45, 2.75) is 45.7 Å². The molecule has 1 aromatic rings. The molecule has 1 aromatic carbocycles. The van der Waals surface area contributed by atoms with Crippen LogP contribution in [-0.4, -0.2) is 19.2 Å². The van der Waals surface area contributed by atoms with E-state index in [1.807, 2.05) is 12.1 Å². The first-order chi connectivity index (χ1) is 8.03. The molecule has 1 aliphatic rings. The molecule has 1 N–H and O–H groups in total. The number of nitrogens with one attached hydrogen (secondary N) is 1. The molecule has 94 valence electrons. The van der Waals surface area contributed by atoms with Crippen LogP contribution in [0.25, 0.3) is 0 Å². The summed E-state index contributed by atoms with van der Waals surface area (Å²) in [6, 6.07) is 9.46. The van der Waals surface area contributed by atoms with E-state index in [1.54, 1.807) is 7.11 Å². The standard InChI is InChI=1S/C15H23NO/c1-11(16-14-10-15(14,2)3)9-12-7-5-6-8-13(12)17-4/h5-8,11,14,16H,9-10H2,1-4H3. The van der Waals surface area contributed by atoms with E-state index in [2.05, 4.69) is 38.2 Å². The van der Waals surface area contributed by atoms with Crippen molar-refractivity contribution in [1.82, 2.24) is 5.32 Å². The minimum absolute atomic E-state index is 0.495. The molecule has 0 bridgehead atoms. The van der Waals surface area contributed by atoms with E-state index >= 15 is 0 Å². The van der Waals surface area contributed by atoms with Crippen LogP contribution in [0.1, 0.15) is 32.8 Å². The molecule has 2 atom stereocenters. The minimum Gasteiger partial charge on any atom is -0.496 e. The second-order valence-corrected chi connectivity index (χ2v) is 5.83. The first-order valence-electron chi connectivity index (χ1n) is 6.41. The number of para-hydroxylation sites is 1. The van der Waals surface area contributed by atoms with Gasteiger partial charge in [0.05, 0.1) is 7.11 Å². The molecular formula is C15H23NO. The lowest BCUT2D eigenvalue weighted by Gasteiger charge is -2.16. The van der Waals surface area contributed by atoms with Gasteiger partial charge >= 0.3 is 0 Å². The Kier molecular flexibility index (Phi) is 3.43. The summed E-state index contributed by atoms with van der Waals surface area (Å²) >= 11 is 0. The Labute approximate surface area is 104 Å². The predicted molar refractivity (Wildman–Crippen MR) is 71.5 cm³/mol. The van der Waals surface area contributed by atoms with Crippen LogP contribution < -0.4 is 10.1 Å². The quantitative estimate of drug-likeness (QED) is 0.844. The van der Waals surface area contributed by atoms with Crippen molar-refractivity contribution in [3.63, 3.8) is 0 Å². The van der Waals surface area contributed by atoms with E-state index in [0.29, 0.717) is 17.5 Å². The molecule has 0 aromatic heterocycles. The van der Waals surface area contributed by atoms with E-state index in [0.717, 1.165) is 12.2 Å². The van der Waals surface area contributed by atoms with Crippen LogP contribution in [0, 0.1) is 5.41 Å². The number of ether oxygens (including phenoxy) is 1. The zero-order valence-corrected chi connectivity index (χ0v) is 11.3. The maximum atomic E-state index is 5.38. The second-order valence-electron chi connectivity index (χ2n) is 5.83. The largest absolute Gasteiger partial charge is 0.496 e. The Balaban J connectivity index is 1.92. The fourth-order valence-corrected chi connectivity index (χ4v) is 2.36. The minimum atomic E-state index is 0.495. The second kappa shape index (κ2) is 4.69. The van der Waals surface area contributed by atoms with Crippen LogP contribution in [0.4, 0.5) is 0 Å². The third kappa shape index (κ3) is 3.01. The van der Waals surface area contributed by atoms with E-state index < -0.39 is 0 Å². The summed E-state index contributed by atoms with van der Waals surface area (Å²) in [7, 11) is 1.74. The molecule has 1 aliphatic carbocycles. The molecule has 2 rings (SSSR count). The van der Waals surface area contributed by atoms with Crippen molar-refractivity contribution in [3.8, 4) is 5.75 Å². The average Bonchev–Trinajstić information content (AvgIpc) is 2.86. The molecule has 0 aliphatic heterocycles. The molecule has 0 amide bonds. The number of rotatable bonds is 5. The Morgan fingerprint density at radius 1 is 1.41 bits per heavy atom. The molecule has 0 heterocycles. The van der Waals surface area contributed by atoms with Gasteiger partial charge in [0.25, 0.3) is 0 Å². The third-order valence-electron chi connectivity index (χ3n) is 3.72. The molecule has 2 heteroatoms. The van der Waals surface area contributed by atoms with Crippen LogP contribution in [0.15, 0.2) is 24.3 Å². The lowest BCUT2D eigenvalue weighted by molar-refractivity contribution is 0.404. The first kappa shape index (κ1) is 12.4. The molecule has 2 nitrogen and oxygen atoms in total. The molecule has 0 saturated heterocycles. The van der Waals surface area contributed by atoms with Gasteiger partial charge in [-0.3, -0.25) is 0 Å². The van der Waals surface area contributed by atoms with Gasteiger partial charge in [-0.15, -0.1) is 0 Å². The van der Waals surface area contributed by atoms with Gasteiger partial charge in [-0.2, -0.15) is 0 Å². The number of hydrogen-bond acceptors (Lipinski definition) is 2. The Morgan fingerprint density at radius 2 is 2.06 bits per heavy atom. The van der Waals surface area contributed by atoms with Gasteiger partial charge in [-0.05, 0) is 36.8 Å². The average molecular weight is 233 g/mol. The van der Waals surface area contributed by atoms with Crippen molar-refractivity contribution >= 4 is 0 Å². The molecule has 0 spiro atoms. The van der Waals surface area contributed by atoms with Crippen molar-refractivity contribution < 1.29 is 4.74 Å². The van der Waals surface area contributed by atoms with E-state index in [1.165, 1.54) is 12.0 Å². The van der Waals surface area contributed by atoms with Gasteiger partial charge in [0, 0.05) is 12.1 Å². The lowest BCUT2D eigenvalue weighted by atomic mass is 10.1. The highest BCUT2D eigenvalue weighted by Crippen LogP contribution is 2.44. The van der Waals surface area contributed by atoms with Crippen LogP contribution in [0.5, 0.6) is 5.75 Å². The zero-order valence-electron chi connectivity index (χ0n) is 11.3. The fraction of sp³-hybridized carbons (Fsp3) is 0.600. The highest BCUT2D eigenvalue weighted by Gasteiger charge is 2.45. The van der Waals surface area contributed by atoms with Gasteiger partial charge in [-0.25, -0.2) is 0 Å². The molecule has 1 fully saturated rings. The summed E-state index contributed by atoms with van der Waals surface area (Å²) in [5.74, 6) is 0.996. The monoisotopic (exact) mass is 233 g/mol. The van der Waals surface area contributed by atoms with E-state index in [-0.39, 0.29) is 0 Å².